The molecule has 0 spiro atoms. The second-order valence-corrected chi connectivity index (χ2v) is 3.89. The van der Waals surface area contributed by atoms with Crippen molar-refractivity contribution in [3.63, 3.8) is 0 Å². The number of amides is 2. The summed E-state index contributed by atoms with van der Waals surface area (Å²) in [5, 5.41) is 27.5. The van der Waals surface area contributed by atoms with Crippen LogP contribution < -0.4 is 0 Å². The van der Waals surface area contributed by atoms with Crippen LogP contribution in [0.15, 0.2) is 11.1 Å². The quantitative estimate of drug-likeness (QED) is 0.505. The maximum atomic E-state index is 11.8. The predicted octanol–water partition coefficient (Wildman–Crippen LogP) is -1.59. The molecule has 6 heteroatoms. The van der Waals surface area contributed by atoms with Crippen molar-refractivity contribution in [1.29, 1.82) is 0 Å². The molecule has 0 unspecified atom stereocenters. The van der Waals surface area contributed by atoms with E-state index in [-0.39, 0.29) is 11.1 Å². The first-order valence-electron chi connectivity index (χ1n) is 4.84. The van der Waals surface area contributed by atoms with E-state index in [4.69, 9.17) is 15.3 Å². The van der Waals surface area contributed by atoms with Crippen molar-refractivity contribution in [2.45, 2.75) is 19.4 Å². The third-order valence-corrected chi connectivity index (χ3v) is 2.97. The fraction of sp³-hybridized carbons (Fsp3) is 0.600. The molecule has 0 radical (unpaired) electrons. The lowest BCUT2D eigenvalue weighted by Crippen LogP contribution is -2.60. The van der Waals surface area contributed by atoms with Crippen LogP contribution in [0.1, 0.15) is 13.8 Å². The van der Waals surface area contributed by atoms with Crippen molar-refractivity contribution < 1.29 is 24.9 Å². The Hall–Kier alpha value is -1.24. The number of nitrogens with zero attached hydrogens (tertiary/aromatic N) is 1. The van der Waals surface area contributed by atoms with Crippen LogP contribution in [0.4, 0.5) is 0 Å². The Balaban J connectivity index is 3.17. The number of imide groups is 1. The zero-order valence-electron chi connectivity index (χ0n) is 9.23. The molecule has 1 heterocycles. The second kappa shape index (κ2) is 4.32. The first-order valence-corrected chi connectivity index (χ1v) is 4.84. The average molecular weight is 229 g/mol. The summed E-state index contributed by atoms with van der Waals surface area (Å²) in [6.45, 7) is 0.938. The van der Waals surface area contributed by atoms with E-state index in [2.05, 4.69) is 0 Å². The Bertz CT molecular complexity index is 324. The van der Waals surface area contributed by atoms with E-state index in [1.165, 1.54) is 13.8 Å². The monoisotopic (exact) mass is 229 g/mol. The van der Waals surface area contributed by atoms with Crippen molar-refractivity contribution in [2.24, 2.45) is 0 Å². The molecule has 0 aromatic rings. The molecule has 2 amide bonds. The Kier molecular flexibility index (Phi) is 3.47. The van der Waals surface area contributed by atoms with Crippen LogP contribution in [0.3, 0.4) is 0 Å². The lowest BCUT2D eigenvalue weighted by atomic mass is 10.0. The molecule has 0 saturated heterocycles. The van der Waals surface area contributed by atoms with Gasteiger partial charge in [-0.15, -0.1) is 0 Å². The Morgan fingerprint density at radius 3 is 1.50 bits per heavy atom. The fourth-order valence-corrected chi connectivity index (χ4v) is 1.54. The van der Waals surface area contributed by atoms with Crippen LogP contribution in [-0.4, -0.2) is 57.4 Å². The van der Waals surface area contributed by atoms with Crippen LogP contribution in [0.25, 0.3) is 0 Å². The maximum Gasteiger partial charge on any atom is 0.257 e. The molecule has 0 aromatic heterocycles. The summed E-state index contributed by atoms with van der Waals surface area (Å²) in [6, 6.07) is 0. The summed E-state index contributed by atoms with van der Waals surface area (Å²) in [4.78, 5) is 24.3. The zero-order chi connectivity index (χ0) is 12.5. The molecule has 0 fully saturated rings. The average Bonchev–Trinajstić information content (AvgIpc) is 2.49. The zero-order valence-corrected chi connectivity index (χ0v) is 9.23. The summed E-state index contributed by atoms with van der Waals surface area (Å²) >= 11 is 0. The minimum atomic E-state index is -1.63. The minimum absolute atomic E-state index is 0.268. The lowest BCUT2D eigenvalue weighted by molar-refractivity contribution is -0.152. The highest BCUT2D eigenvalue weighted by Gasteiger charge is 2.47. The van der Waals surface area contributed by atoms with E-state index in [1.807, 2.05) is 0 Å². The number of carbonyl (C=O) groups excluding carboxylic acids is 2. The molecule has 1 rings (SSSR count). The molecular weight excluding hydrogens is 214 g/mol. The van der Waals surface area contributed by atoms with Gasteiger partial charge < -0.3 is 15.3 Å². The van der Waals surface area contributed by atoms with Gasteiger partial charge in [0, 0.05) is 11.1 Å². The van der Waals surface area contributed by atoms with Gasteiger partial charge in [0.05, 0.1) is 19.8 Å². The number of hydrogen-bond acceptors (Lipinski definition) is 5. The number of rotatable bonds is 4. The van der Waals surface area contributed by atoms with Gasteiger partial charge in [0.2, 0.25) is 0 Å². The molecule has 0 atom stereocenters. The van der Waals surface area contributed by atoms with Crippen LogP contribution in [0.5, 0.6) is 0 Å². The molecule has 0 saturated carbocycles. The number of aliphatic hydroxyl groups excluding tert-OH is 3. The SMILES string of the molecule is CC1=C(C)C(=O)N(C(CO)(CO)CO)C1=O. The molecule has 1 aliphatic heterocycles. The normalized spacial score (nSPS) is 17.7. The molecule has 6 nitrogen and oxygen atoms in total. The number of carbonyl (C=O) groups is 2. The number of hydrogen-bond donors (Lipinski definition) is 3. The maximum absolute atomic E-state index is 11.8. The first kappa shape index (κ1) is 12.8. The van der Waals surface area contributed by atoms with Gasteiger partial charge in [-0.25, -0.2) is 0 Å². The van der Waals surface area contributed by atoms with Gasteiger partial charge in [0.1, 0.15) is 5.54 Å². The molecule has 1 aliphatic rings. The van der Waals surface area contributed by atoms with Crippen LogP contribution in [0, 0.1) is 0 Å². The van der Waals surface area contributed by atoms with Crippen molar-refractivity contribution in [3.05, 3.63) is 11.1 Å². The predicted molar refractivity (Wildman–Crippen MR) is 54.2 cm³/mol. The van der Waals surface area contributed by atoms with Crippen molar-refractivity contribution in [2.75, 3.05) is 19.8 Å². The van der Waals surface area contributed by atoms with E-state index in [1.54, 1.807) is 0 Å². The fourth-order valence-electron chi connectivity index (χ4n) is 1.54. The highest BCUT2D eigenvalue weighted by molar-refractivity contribution is 6.19. The summed E-state index contributed by atoms with van der Waals surface area (Å²) < 4.78 is 0. The third kappa shape index (κ3) is 1.55. The second-order valence-electron chi connectivity index (χ2n) is 3.89. The highest BCUT2D eigenvalue weighted by Crippen LogP contribution is 2.27. The van der Waals surface area contributed by atoms with Gasteiger partial charge in [-0.1, -0.05) is 0 Å². The van der Waals surface area contributed by atoms with E-state index >= 15 is 0 Å². The highest BCUT2D eigenvalue weighted by atomic mass is 16.3. The third-order valence-electron chi connectivity index (χ3n) is 2.97. The molecule has 0 aliphatic carbocycles. The van der Waals surface area contributed by atoms with Gasteiger partial charge in [-0.3, -0.25) is 14.5 Å². The van der Waals surface area contributed by atoms with Gasteiger partial charge in [-0.2, -0.15) is 0 Å². The first-order chi connectivity index (χ1) is 7.45. The van der Waals surface area contributed by atoms with Gasteiger partial charge >= 0.3 is 0 Å². The van der Waals surface area contributed by atoms with E-state index in [0.29, 0.717) is 0 Å². The molecule has 3 N–H and O–H groups in total. The summed E-state index contributed by atoms with van der Waals surface area (Å²) in [5.41, 5.74) is -1.10. The van der Waals surface area contributed by atoms with Crippen molar-refractivity contribution >= 4 is 11.8 Å². The molecule has 16 heavy (non-hydrogen) atoms. The molecule has 0 bridgehead atoms. The Morgan fingerprint density at radius 1 is 0.938 bits per heavy atom. The molecular formula is C10H15NO5. The van der Waals surface area contributed by atoms with Crippen LogP contribution in [-0.2, 0) is 9.59 Å². The summed E-state index contributed by atoms with van der Waals surface area (Å²) in [7, 11) is 0. The molecule has 0 aromatic carbocycles. The van der Waals surface area contributed by atoms with Crippen molar-refractivity contribution in [3.8, 4) is 0 Å². The van der Waals surface area contributed by atoms with E-state index in [9.17, 15) is 9.59 Å². The van der Waals surface area contributed by atoms with Gasteiger partial charge in [-0.05, 0) is 13.8 Å². The van der Waals surface area contributed by atoms with E-state index < -0.39 is 37.2 Å². The topological polar surface area (TPSA) is 98.1 Å². The van der Waals surface area contributed by atoms with Crippen LogP contribution in [0.2, 0.25) is 0 Å². The van der Waals surface area contributed by atoms with Gasteiger partial charge in [0.25, 0.3) is 11.8 Å². The largest absolute Gasteiger partial charge is 0.394 e. The summed E-state index contributed by atoms with van der Waals surface area (Å²) in [5.74, 6) is -1.17. The smallest absolute Gasteiger partial charge is 0.257 e. The lowest BCUT2D eigenvalue weighted by Gasteiger charge is -2.36. The van der Waals surface area contributed by atoms with Gasteiger partial charge in [0.15, 0.2) is 0 Å². The van der Waals surface area contributed by atoms with E-state index in [0.717, 1.165) is 4.90 Å². The van der Waals surface area contributed by atoms with Crippen molar-refractivity contribution in [1.82, 2.24) is 4.90 Å². The standard InChI is InChI=1S/C10H15NO5/c1-6-7(2)9(16)11(8(6)15)10(3-12,4-13)5-14/h12-14H,3-5H2,1-2H3. The summed E-state index contributed by atoms with van der Waals surface area (Å²) in [6.07, 6.45) is 0. The molecule has 90 valence electrons. The Morgan fingerprint density at radius 2 is 1.25 bits per heavy atom. The number of aliphatic hydroxyl groups is 3. The minimum Gasteiger partial charge on any atom is -0.394 e. The van der Waals surface area contributed by atoms with Crippen LogP contribution >= 0.6 is 0 Å². The Labute approximate surface area is 92.8 Å².